The first-order chi connectivity index (χ1) is 15.7. The van der Waals surface area contributed by atoms with Crippen LogP contribution in [-0.2, 0) is 16.0 Å². The van der Waals surface area contributed by atoms with E-state index in [4.69, 9.17) is 9.47 Å². The lowest BCUT2D eigenvalue weighted by Gasteiger charge is -2.26. The molecule has 12 heteroatoms. The first-order valence-electron chi connectivity index (χ1n) is 10.5. The van der Waals surface area contributed by atoms with E-state index in [1.165, 1.54) is 34.4 Å². The van der Waals surface area contributed by atoms with Crippen molar-refractivity contribution in [3.05, 3.63) is 44.4 Å². The van der Waals surface area contributed by atoms with Gasteiger partial charge in [-0.1, -0.05) is 0 Å². The van der Waals surface area contributed by atoms with E-state index in [0.717, 1.165) is 9.56 Å². The molecule has 0 fully saturated rings. The first-order valence-corrected chi connectivity index (χ1v) is 11.3. The van der Waals surface area contributed by atoms with Crippen molar-refractivity contribution in [3.63, 3.8) is 0 Å². The Kier molecular flexibility index (Phi) is 6.65. The fourth-order valence-electron chi connectivity index (χ4n) is 3.02. The van der Waals surface area contributed by atoms with E-state index < -0.39 is 28.3 Å². The summed E-state index contributed by atoms with van der Waals surface area (Å²) in [6.45, 7) is 12.2. The maximum absolute atomic E-state index is 13.2. The summed E-state index contributed by atoms with van der Waals surface area (Å²) in [5.41, 5.74) is 0.564. The number of hydrogen-bond acceptors (Lipinski definition) is 9. The number of ether oxygens (including phenoxy) is 2. The van der Waals surface area contributed by atoms with E-state index in [1.54, 1.807) is 47.1 Å². The maximum Gasteiger partial charge on any atom is 0.435 e. The Balaban J connectivity index is 2.21. The zero-order valence-corrected chi connectivity index (χ0v) is 20.9. The van der Waals surface area contributed by atoms with Gasteiger partial charge in [0.25, 0.3) is 5.69 Å². The zero-order valence-electron chi connectivity index (χ0n) is 20.1. The number of anilines is 1. The monoisotopic (exact) mass is 489 g/mol. The highest BCUT2D eigenvalue weighted by atomic mass is 32.1. The predicted molar refractivity (Wildman–Crippen MR) is 127 cm³/mol. The highest BCUT2D eigenvalue weighted by Crippen LogP contribution is 2.32. The number of hydrogen-bond donors (Lipinski definition) is 0. The summed E-state index contributed by atoms with van der Waals surface area (Å²) in [5.74, 6) is 0.0948. The van der Waals surface area contributed by atoms with Crippen LogP contribution < -0.4 is 4.90 Å². The van der Waals surface area contributed by atoms with Gasteiger partial charge in [0.15, 0.2) is 5.82 Å². The Hall–Kier alpha value is -3.54. The van der Waals surface area contributed by atoms with Crippen LogP contribution in [0.5, 0.6) is 0 Å². The molecule has 0 spiro atoms. The molecule has 0 aliphatic heterocycles. The van der Waals surface area contributed by atoms with Crippen LogP contribution in [0.1, 0.15) is 52.1 Å². The molecule has 3 aromatic rings. The number of aromatic nitrogens is 3. The summed E-state index contributed by atoms with van der Waals surface area (Å²) in [7, 11) is 0. The molecule has 0 saturated carbocycles. The molecule has 2 aromatic heterocycles. The summed E-state index contributed by atoms with van der Waals surface area (Å²) in [6.07, 6.45) is -1.53. The minimum absolute atomic E-state index is 0.0294. The van der Waals surface area contributed by atoms with Crippen molar-refractivity contribution in [3.8, 4) is 0 Å². The minimum Gasteiger partial charge on any atom is -0.443 e. The largest absolute Gasteiger partial charge is 0.443 e. The Morgan fingerprint density at radius 2 is 1.79 bits per heavy atom. The van der Waals surface area contributed by atoms with Crippen LogP contribution in [0, 0.1) is 17.0 Å². The van der Waals surface area contributed by atoms with Crippen molar-refractivity contribution in [1.29, 1.82) is 0 Å². The molecule has 11 nitrogen and oxygen atoms in total. The summed E-state index contributed by atoms with van der Waals surface area (Å²) in [5, 5.41) is 16.1. The van der Waals surface area contributed by atoms with Crippen molar-refractivity contribution < 1.29 is 24.0 Å². The number of thiazole rings is 1. The molecule has 1 aromatic carbocycles. The third kappa shape index (κ3) is 5.68. The van der Waals surface area contributed by atoms with Crippen molar-refractivity contribution in [2.24, 2.45) is 0 Å². The average Bonchev–Trinajstić information content (AvgIpc) is 3.26. The highest BCUT2D eigenvalue weighted by molar-refractivity contribution is 7.09. The molecule has 34 heavy (non-hydrogen) atoms. The third-order valence-corrected chi connectivity index (χ3v) is 5.24. The van der Waals surface area contributed by atoms with Crippen LogP contribution in [0.4, 0.5) is 21.1 Å². The van der Waals surface area contributed by atoms with E-state index in [9.17, 15) is 19.7 Å². The number of nitro benzene ring substituents is 1. The lowest BCUT2D eigenvalue weighted by Crippen LogP contribution is -2.37. The smallest absolute Gasteiger partial charge is 0.435 e. The highest BCUT2D eigenvalue weighted by Gasteiger charge is 2.31. The SMILES string of the molecule is Cc1scnc1CN(C(=O)OC(C)(C)C)c1nn(C(=O)OC(C)(C)C)c2cc([N+](=O)[O-])ccc12. The first kappa shape index (κ1) is 25.1. The second kappa shape index (κ2) is 9.01. The summed E-state index contributed by atoms with van der Waals surface area (Å²) >= 11 is 1.43. The van der Waals surface area contributed by atoms with Crippen molar-refractivity contribution >= 4 is 45.9 Å². The molecule has 0 bridgehead atoms. The normalized spacial score (nSPS) is 12.0. The molecule has 0 aliphatic rings. The fraction of sp³-hybridized carbons (Fsp3) is 0.455. The van der Waals surface area contributed by atoms with Crippen LogP contribution in [0.2, 0.25) is 0 Å². The number of nitro groups is 1. The molecular formula is C22H27N5O6S. The zero-order chi connectivity index (χ0) is 25.4. The van der Waals surface area contributed by atoms with E-state index in [-0.39, 0.29) is 23.6 Å². The quantitative estimate of drug-likeness (QED) is 0.350. The Bertz CT molecular complexity index is 1250. The molecule has 2 heterocycles. The molecule has 182 valence electrons. The standard InChI is InChI=1S/C22H27N5O6S/c1-13-16(23-12-34-13)11-25(19(28)32-21(2,3)4)18-15-9-8-14(27(30)31)10-17(15)26(24-18)20(29)33-22(5,6)7/h8-10,12H,11H2,1-7H3. The van der Waals surface area contributed by atoms with E-state index in [1.807, 2.05) is 6.92 Å². The van der Waals surface area contributed by atoms with Crippen molar-refractivity contribution in [2.45, 2.75) is 66.2 Å². The van der Waals surface area contributed by atoms with Crippen molar-refractivity contribution in [2.75, 3.05) is 4.90 Å². The van der Waals surface area contributed by atoms with Gasteiger partial charge in [-0.25, -0.2) is 14.6 Å². The number of carbonyl (C=O) groups excluding carboxylic acids is 2. The molecule has 0 unspecified atom stereocenters. The Morgan fingerprint density at radius 1 is 1.15 bits per heavy atom. The third-order valence-electron chi connectivity index (χ3n) is 4.44. The second-order valence-electron chi connectivity index (χ2n) is 9.60. The summed E-state index contributed by atoms with van der Waals surface area (Å²) < 4.78 is 12.0. The van der Waals surface area contributed by atoms with E-state index in [0.29, 0.717) is 11.1 Å². The Labute approximate surface area is 200 Å². The minimum atomic E-state index is -0.835. The molecule has 0 aliphatic carbocycles. The Morgan fingerprint density at radius 3 is 2.32 bits per heavy atom. The van der Waals surface area contributed by atoms with Crippen LogP contribution >= 0.6 is 11.3 Å². The number of nitrogens with zero attached hydrogens (tertiary/aromatic N) is 5. The van der Waals surface area contributed by atoms with Gasteiger partial charge in [-0.3, -0.25) is 15.0 Å². The van der Waals surface area contributed by atoms with E-state index in [2.05, 4.69) is 10.1 Å². The number of non-ortho nitro benzene ring substituents is 1. The predicted octanol–water partition coefficient (Wildman–Crippen LogP) is 5.43. The van der Waals surface area contributed by atoms with Gasteiger partial charge >= 0.3 is 12.2 Å². The fourth-order valence-corrected chi connectivity index (χ4v) is 3.61. The second-order valence-corrected chi connectivity index (χ2v) is 10.7. The topological polar surface area (TPSA) is 130 Å². The van der Waals surface area contributed by atoms with Gasteiger partial charge in [-0.05, 0) is 54.5 Å². The number of rotatable bonds is 4. The van der Waals surface area contributed by atoms with Crippen molar-refractivity contribution in [1.82, 2.24) is 14.8 Å². The molecule has 0 atom stereocenters. The van der Waals surface area contributed by atoms with Gasteiger partial charge < -0.3 is 9.47 Å². The molecule has 0 radical (unpaired) electrons. The number of fused-ring (bicyclic) bond motifs is 1. The molecule has 3 rings (SSSR count). The molecular weight excluding hydrogens is 462 g/mol. The van der Waals surface area contributed by atoms with Gasteiger partial charge in [-0.15, -0.1) is 16.4 Å². The molecule has 1 amide bonds. The lowest BCUT2D eigenvalue weighted by molar-refractivity contribution is -0.384. The number of aryl methyl sites for hydroxylation is 1. The van der Waals surface area contributed by atoms with Crippen LogP contribution in [-0.4, -0.2) is 43.1 Å². The summed E-state index contributed by atoms with van der Waals surface area (Å²) in [4.78, 5) is 43.4. The van der Waals surface area contributed by atoms with Crippen LogP contribution in [0.15, 0.2) is 23.7 Å². The maximum atomic E-state index is 13.2. The van der Waals surface area contributed by atoms with E-state index >= 15 is 0 Å². The van der Waals surface area contributed by atoms with Gasteiger partial charge in [0.05, 0.1) is 28.2 Å². The van der Waals surface area contributed by atoms with Gasteiger partial charge in [0.2, 0.25) is 0 Å². The van der Waals surface area contributed by atoms with Gasteiger partial charge in [0, 0.05) is 22.4 Å². The lowest BCUT2D eigenvalue weighted by atomic mass is 10.2. The molecule has 0 saturated heterocycles. The van der Waals surface area contributed by atoms with Gasteiger partial charge in [0.1, 0.15) is 11.2 Å². The molecule has 0 N–H and O–H groups in total. The van der Waals surface area contributed by atoms with Gasteiger partial charge in [-0.2, -0.15) is 4.68 Å². The van der Waals surface area contributed by atoms with Crippen LogP contribution in [0.25, 0.3) is 10.9 Å². The summed E-state index contributed by atoms with van der Waals surface area (Å²) in [6, 6.07) is 3.95. The van der Waals surface area contributed by atoms with Crippen LogP contribution in [0.3, 0.4) is 0 Å². The number of carbonyl (C=O) groups is 2. The number of amides is 1. The number of benzene rings is 1. The average molecular weight is 490 g/mol.